The molecule has 0 unspecified atom stereocenters. The van der Waals surface area contributed by atoms with Crippen LogP contribution in [0.5, 0.6) is 23.0 Å². The summed E-state index contributed by atoms with van der Waals surface area (Å²) in [6.45, 7) is 9.39. The van der Waals surface area contributed by atoms with Gasteiger partial charge in [-0.15, -0.1) is 0 Å². The van der Waals surface area contributed by atoms with Crippen molar-refractivity contribution in [1.82, 2.24) is 15.3 Å². The summed E-state index contributed by atoms with van der Waals surface area (Å²) < 4.78 is 67.2. The third kappa shape index (κ3) is 10.2. The normalized spacial score (nSPS) is 16.8. The van der Waals surface area contributed by atoms with E-state index < -0.39 is 41.0 Å². The van der Waals surface area contributed by atoms with E-state index in [2.05, 4.69) is 9.80 Å². The van der Waals surface area contributed by atoms with E-state index in [1.807, 2.05) is 13.8 Å². The first-order valence-corrected chi connectivity index (χ1v) is 23.0. The van der Waals surface area contributed by atoms with Crippen molar-refractivity contribution in [2.45, 2.75) is 65.7 Å². The maximum atomic E-state index is 13.6. The summed E-state index contributed by atoms with van der Waals surface area (Å²) in [6, 6.07) is 25.7. The molecule has 13 nitrogen and oxygen atoms in total. The average Bonchev–Trinajstić information content (AvgIpc) is 3.25. The lowest BCUT2D eigenvalue weighted by molar-refractivity contribution is -0.147. The number of hydroxylamine groups is 1. The Morgan fingerprint density at radius 2 is 0.915 bits per heavy atom. The molecule has 0 aromatic heterocycles. The summed E-state index contributed by atoms with van der Waals surface area (Å²) in [5.74, 6) is 0.532. The lowest BCUT2D eigenvalue weighted by Crippen LogP contribution is -2.57. The van der Waals surface area contributed by atoms with Gasteiger partial charge < -0.3 is 24.0 Å². The molecular formula is C42H49Cl2N3O10S2. The summed E-state index contributed by atoms with van der Waals surface area (Å²) >= 11 is 11.7. The molecule has 318 valence electrons. The van der Waals surface area contributed by atoms with Gasteiger partial charge in [0.1, 0.15) is 23.0 Å². The Kier molecular flexibility index (Phi) is 15.5. The van der Waals surface area contributed by atoms with Gasteiger partial charge in [0.2, 0.25) is 0 Å². The quantitative estimate of drug-likeness (QED) is 0.0768. The predicted molar refractivity (Wildman–Crippen MR) is 225 cm³/mol. The number of nitrogens with zero attached hydrogens (tertiary/aromatic N) is 2. The standard InChI is InChI=1S/C22H26ClNO5S.C20H23ClN2O5S/c1-3-24-15-13-22(14-16-24,21(25)28-4-2)30(26,27)20-11-9-19(10-12-20)29-18-7-5-17(23)6-8-18;1-2-23-13-11-20(12-14-23,19(24)22-25)29(26,27)18-9-7-17(8-10-18)28-16-5-3-15(21)4-6-16/h5-12H,3-4,13-16H2,1-2H3;3-10,25H,2,11-14H2,1H3,(H,22,24). The van der Waals surface area contributed by atoms with Crippen molar-refractivity contribution in [2.24, 2.45) is 0 Å². The topological polar surface area (TPSA) is 169 Å². The van der Waals surface area contributed by atoms with E-state index in [0.717, 1.165) is 13.1 Å². The zero-order valence-corrected chi connectivity index (χ0v) is 36.2. The Morgan fingerprint density at radius 1 is 0.593 bits per heavy atom. The number of carbonyl (C=O) groups is 2. The summed E-state index contributed by atoms with van der Waals surface area (Å²) in [5, 5.41) is 10.4. The van der Waals surface area contributed by atoms with Crippen molar-refractivity contribution in [2.75, 3.05) is 45.9 Å². The van der Waals surface area contributed by atoms with E-state index in [9.17, 15) is 31.6 Å². The van der Waals surface area contributed by atoms with Crippen LogP contribution < -0.4 is 15.0 Å². The third-order valence-electron chi connectivity index (χ3n) is 10.8. The fourth-order valence-corrected chi connectivity index (χ4v) is 11.3. The fraction of sp³-hybridized carbons (Fsp3) is 0.381. The van der Waals surface area contributed by atoms with Crippen molar-refractivity contribution in [3.05, 3.63) is 107 Å². The Morgan fingerprint density at radius 3 is 1.24 bits per heavy atom. The van der Waals surface area contributed by atoms with E-state index >= 15 is 0 Å². The Labute approximate surface area is 356 Å². The highest BCUT2D eigenvalue weighted by atomic mass is 35.5. The zero-order chi connectivity index (χ0) is 42.8. The number of hydrogen-bond acceptors (Lipinski definition) is 12. The minimum Gasteiger partial charge on any atom is -0.465 e. The molecule has 0 saturated carbocycles. The van der Waals surface area contributed by atoms with Crippen molar-refractivity contribution in [3.63, 3.8) is 0 Å². The van der Waals surface area contributed by atoms with Gasteiger partial charge in [-0.1, -0.05) is 37.0 Å². The van der Waals surface area contributed by atoms with Gasteiger partial charge in [-0.3, -0.25) is 14.8 Å². The largest absolute Gasteiger partial charge is 0.465 e. The second-order valence-electron chi connectivity index (χ2n) is 14.1. The number of halogens is 2. The molecule has 2 heterocycles. The van der Waals surface area contributed by atoms with E-state index in [1.54, 1.807) is 73.1 Å². The van der Waals surface area contributed by atoms with Crippen LogP contribution in [0.1, 0.15) is 46.5 Å². The minimum atomic E-state index is -4.03. The highest BCUT2D eigenvalue weighted by Gasteiger charge is 2.54. The predicted octanol–water partition coefficient (Wildman–Crippen LogP) is 7.59. The lowest BCUT2D eigenvalue weighted by Gasteiger charge is -2.39. The van der Waals surface area contributed by atoms with Gasteiger partial charge >= 0.3 is 5.97 Å². The molecule has 2 fully saturated rings. The number of nitrogens with one attached hydrogen (secondary N) is 1. The Hall–Kier alpha value is -4.22. The van der Waals surface area contributed by atoms with Crippen molar-refractivity contribution in [3.8, 4) is 23.0 Å². The molecule has 59 heavy (non-hydrogen) atoms. The molecule has 4 aromatic rings. The fourth-order valence-electron chi connectivity index (χ4n) is 7.13. The van der Waals surface area contributed by atoms with Crippen molar-refractivity contribution >= 4 is 54.8 Å². The third-order valence-corrected chi connectivity index (χ3v) is 16.3. The van der Waals surface area contributed by atoms with Crippen molar-refractivity contribution < 1.29 is 45.8 Å². The highest BCUT2D eigenvalue weighted by Crippen LogP contribution is 2.39. The van der Waals surface area contributed by atoms with Crippen LogP contribution in [0.4, 0.5) is 0 Å². The van der Waals surface area contributed by atoms with Gasteiger partial charge in [0.05, 0.1) is 16.4 Å². The first kappa shape index (κ1) is 45.9. The van der Waals surface area contributed by atoms with Crippen LogP contribution in [-0.2, 0) is 34.0 Å². The molecule has 0 atom stereocenters. The Bertz CT molecular complexity index is 2240. The number of piperidine rings is 2. The molecule has 2 saturated heterocycles. The van der Waals surface area contributed by atoms with E-state index in [1.165, 1.54) is 36.4 Å². The molecule has 0 aliphatic carbocycles. The van der Waals surface area contributed by atoms with Crippen LogP contribution in [0.25, 0.3) is 0 Å². The van der Waals surface area contributed by atoms with E-state index in [4.69, 9.17) is 37.4 Å². The molecule has 4 aromatic carbocycles. The van der Waals surface area contributed by atoms with Crippen LogP contribution >= 0.6 is 23.2 Å². The summed E-state index contributed by atoms with van der Waals surface area (Å²) in [6.07, 6.45) is 0.646. The smallest absolute Gasteiger partial charge is 0.327 e. The van der Waals surface area contributed by atoms with Gasteiger partial charge in [0.25, 0.3) is 5.91 Å². The van der Waals surface area contributed by atoms with Crippen LogP contribution in [0, 0.1) is 0 Å². The number of esters is 1. The highest BCUT2D eigenvalue weighted by molar-refractivity contribution is 7.94. The van der Waals surface area contributed by atoms with Crippen LogP contribution in [0.3, 0.4) is 0 Å². The van der Waals surface area contributed by atoms with E-state index in [-0.39, 0.29) is 42.1 Å². The molecule has 2 aliphatic heterocycles. The minimum absolute atomic E-state index is 0.00880. The number of rotatable bonds is 13. The van der Waals surface area contributed by atoms with Gasteiger partial charge in [-0.05, 0) is 143 Å². The van der Waals surface area contributed by atoms with Crippen LogP contribution in [0.15, 0.2) is 107 Å². The summed E-state index contributed by atoms with van der Waals surface area (Å²) in [7, 11) is -7.98. The molecule has 17 heteroatoms. The second kappa shape index (κ2) is 19.9. The lowest BCUT2D eigenvalue weighted by atomic mass is 9.95. The molecule has 0 spiro atoms. The molecule has 2 aliphatic rings. The van der Waals surface area contributed by atoms with Gasteiger partial charge in [0, 0.05) is 36.2 Å². The number of amides is 1. The molecule has 1 amide bonds. The summed E-state index contributed by atoms with van der Waals surface area (Å²) in [4.78, 5) is 29.6. The van der Waals surface area contributed by atoms with Crippen LogP contribution in [0.2, 0.25) is 10.0 Å². The molecule has 0 radical (unpaired) electrons. The number of benzene rings is 4. The SMILES string of the molecule is CCN1CCC(C(=O)NO)(S(=O)(=O)c2ccc(Oc3ccc(Cl)cc3)cc2)CC1.CCOC(=O)C1(S(=O)(=O)c2ccc(Oc3ccc(Cl)cc3)cc2)CCN(CC)CC1. The number of hydrogen-bond donors (Lipinski definition) is 2. The number of carbonyl (C=O) groups excluding carboxylic acids is 2. The Balaban J connectivity index is 0.000000224. The maximum Gasteiger partial charge on any atom is 0.327 e. The molecule has 6 rings (SSSR count). The molecule has 0 bridgehead atoms. The molecule has 2 N–H and O–H groups in total. The monoisotopic (exact) mass is 889 g/mol. The van der Waals surface area contributed by atoms with Gasteiger partial charge in [0.15, 0.2) is 29.2 Å². The number of ether oxygens (including phenoxy) is 3. The summed E-state index contributed by atoms with van der Waals surface area (Å²) in [5.41, 5.74) is 1.56. The first-order valence-electron chi connectivity index (χ1n) is 19.3. The van der Waals surface area contributed by atoms with E-state index in [0.29, 0.717) is 59.2 Å². The number of likely N-dealkylation sites (tertiary alicyclic amines) is 2. The second-order valence-corrected chi connectivity index (χ2v) is 19.5. The van der Waals surface area contributed by atoms with Gasteiger partial charge in [-0.25, -0.2) is 22.3 Å². The zero-order valence-electron chi connectivity index (χ0n) is 33.1. The van der Waals surface area contributed by atoms with Gasteiger partial charge in [-0.2, -0.15) is 0 Å². The number of sulfone groups is 2. The first-order chi connectivity index (χ1) is 28.1. The van der Waals surface area contributed by atoms with Crippen LogP contribution in [-0.4, -0.2) is 99.1 Å². The van der Waals surface area contributed by atoms with Crippen molar-refractivity contribution in [1.29, 1.82) is 0 Å². The molecular weight excluding hydrogens is 842 g/mol. The average molecular weight is 891 g/mol. The maximum absolute atomic E-state index is 13.6.